The van der Waals surface area contributed by atoms with Gasteiger partial charge in [0.05, 0.1) is 10.5 Å². The van der Waals surface area contributed by atoms with Crippen molar-refractivity contribution in [2.24, 2.45) is 5.92 Å². The number of nitriles is 1. The first kappa shape index (κ1) is 16.4. The lowest BCUT2D eigenvalue weighted by Crippen LogP contribution is -2.43. The lowest BCUT2D eigenvalue weighted by molar-refractivity contribution is 0.234. The first-order valence-corrected chi connectivity index (χ1v) is 9.39. The molecule has 2 heterocycles. The number of rotatable bonds is 3. The molecule has 5 nitrogen and oxygen atoms in total. The van der Waals surface area contributed by atoms with Crippen LogP contribution in [0.3, 0.4) is 0 Å². The van der Waals surface area contributed by atoms with Gasteiger partial charge in [-0.05, 0) is 56.3 Å². The van der Waals surface area contributed by atoms with Crippen LogP contribution >= 0.6 is 0 Å². The summed E-state index contributed by atoms with van der Waals surface area (Å²) in [6.07, 6.45) is 4.03. The van der Waals surface area contributed by atoms with Gasteiger partial charge >= 0.3 is 0 Å². The Balaban J connectivity index is 1.73. The summed E-state index contributed by atoms with van der Waals surface area (Å²) in [6, 6.07) is 5.59. The maximum Gasteiger partial charge on any atom is 0.243 e. The molecular formula is C16H20FN3O2S. The zero-order valence-corrected chi connectivity index (χ0v) is 13.7. The third kappa shape index (κ3) is 3.25. The zero-order chi connectivity index (χ0) is 16.4. The van der Waals surface area contributed by atoms with Crippen molar-refractivity contribution < 1.29 is 12.8 Å². The lowest BCUT2D eigenvalue weighted by Gasteiger charge is -2.34. The van der Waals surface area contributed by atoms with Gasteiger partial charge in [0.2, 0.25) is 10.0 Å². The topological polar surface area (TPSA) is 73.2 Å². The van der Waals surface area contributed by atoms with E-state index in [9.17, 15) is 12.8 Å². The third-order valence-electron chi connectivity index (χ3n) is 4.86. The van der Waals surface area contributed by atoms with Crippen molar-refractivity contribution in [1.82, 2.24) is 9.62 Å². The van der Waals surface area contributed by atoms with Crippen molar-refractivity contribution in [1.29, 1.82) is 5.26 Å². The van der Waals surface area contributed by atoms with E-state index in [-0.39, 0.29) is 10.5 Å². The molecule has 1 N–H and O–H groups in total. The van der Waals surface area contributed by atoms with Gasteiger partial charge in [-0.2, -0.15) is 9.57 Å². The summed E-state index contributed by atoms with van der Waals surface area (Å²) in [6.45, 7) is 2.00. The van der Waals surface area contributed by atoms with Gasteiger partial charge < -0.3 is 5.32 Å². The summed E-state index contributed by atoms with van der Waals surface area (Å²) < 4.78 is 40.2. The maximum absolute atomic E-state index is 13.4. The Morgan fingerprint density at radius 2 is 2.00 bits per heavy atom. The molecule has 0 saturated carbocycles. The van der Waals surface area contributed by atoms with Gasteiger partial charge in [-0.1, -0.05) is 0 Å². The molecule has 3 rings (SSSR count). The highest BCUT2D eigenvalue weighted by Crippen LogP contribution is 2.29. The van der Waals surface area contributed by atoms with E-state index in [0.29, 0.717) is 25.0 Å². The Labute approximate surface area is 136 Å². The average molecular weight is 337 g/mol. The van der Waals surface area contributed by atoms with E-state index in [1.165, 1.54) is 23.2 Å². The molecule has 124 valence electrons. The number of nitrogens with one attached hydrogen (secondary N) is 1. The summed E-state index contributed by atoms with van der Waals surface area (Å²) >= 11 is 0. The van der Waals surface area contributed by atoms with Gasteiger partial charge in [0, 0.05) is 19.1 Å². The molecule has 0 spiro atoms. The highest BCUT2D eigenvalue weighted by atomic mass is 32.2. The van der Waals surface area contributed by atoms with Crippen LogP contribution in [0.2, 0.25) is 0 Å². The van der Waals surface area contributed by atoms with Gasteiger partial charge in [-0.25, -0.2) is 12.8 Å². The monoisotopic (exact) mass is 337 g/mol. The number of halogens is 1. The molecule has 2 saturated heterocycles. The fourth-order valence-corrected chi connectivity index (χ4v) is 5.03. The van der Waals surface area contributed by atoms with Crippen LogP contribution in [0.4, 0.5) is 4.39 Å². The fourth-order valence-electron chi connectivity index (χ4n) is 3.53. The minimum Gasteiger partial charge on any atom is -0.314 e. The molecule has 1 unspecified atom stereocenters. The number of sulfonamides is 1. The summed E-state index contributed by atoms with van der Waals surface area (Å²) in [4.78, 5) is -0.00658. The molecule has 7 heteroatoms. The number of hydrogen-bond acceptors (Lipinski definition) is 4. The van der Waals surface area contributed by atoms with Crippen LogP contribution < -0.4 is 5.32 Å². The van der Waals surface area contributed by atoms with Crippen LogP contribution in [0.1, 0.15) is 31.2 Å². The number of hydrogen-bond donors (Lipinski definition) is 1. The second kappa shape index (κ2) is 6.56. The van der Waals surface area contributed by atoms with E-state index in [0.717, 1.165) is 31.5 Å². The van der Waals surface area contributed by atoms with Gasteiger partial charge in [0.1, 0.15) is 11.9 Å². The predicted octanol–water partition coefficient (Wildman–Crippen LogP) is 1.85. The van der Waals surface area contributed by atoms with Gasteiger partial charge in [0.15, 0.2) is 0 Å². The first-order valence-electron chi connectivity index (χ1n) is 7.95. The second-order valence-electron chi connectivity index (χ2n) is 6.20. The Bertz CT molecular complexity index is 715. The van der Waals surface area contributed by atoms with E-state index in [1.807, 2.05) is 0 Å². The van der Waals surface area contributed by atoms with Crippen LogP contribution in [-0.2, 0) is 10.0 Å². The maximum atomic E-state index is 13.4. The van der Waals surface area contributed by atoms with Crippen molar-refractivity contribution in [3.63, 3.8) is 0 Å². The zero-order valence-electron chi connectivity index (χ0n) is 12.8. The fraction of sp³-hybridized carbons (Fsp3) is 0.562. The summed E-state index contributed by atoms with van der Waals surface area (Å²) in [5.74, 6) is -0.177. The molecule has 1 aromatic carbocycles. The Kier molecular flexibility index (Phi) is 4.67. The van der Waals surface area contributed by atoms with Gasteiger partial charge in [0.25, 0.3) is 0 Å². The summed E-state index contributed by atoms with van der Waals surface area (Å²) in [7, 11) is -3.66. The predicted molar refractivity (Wildman–Crippen MR) is 83.6 cm³/mol. The van der Waals surface area contributed by atoms with Crippen molar-refractivity contribution in [2.45, 2.75) is 36.6 Å². The smallest absolute Gasteiger partial charge is 0.243 e. The number of benzene rings is 1. The molecule has 0 aliphatic carbocycles. The molecular weight excluding hydrogens is 317 g/mol. The van der Waals surface area contributed by atoms with Crippen molar-refractivity contribution in [3.05, 3.63) is 29.6 Å². The molecule has 2 fully saturated rings. The summed E-state index contributed by atoms with van der Waals surface area (Å²) in [5.41, 5.74) is -0.240. The average Bonchev–Trinajstić information content (AvgIpc) is 3.09. The second-order valence-corrected chi connectivity index (χ2v) is 8.14. The van der Waals surface area contributed by atoms with Gasteiger partial charge in [-0.3, -0.25) is 0 Å². The van der Waals surface area contributed by atoms with Crippen LogP contribution in [-0.4, -0.2) is 38.4 Å². The SMILES string of the molecule is N#Cc1cc(S(=O)(=O)N2CCC(C3CCCN3)CC2)ccc1F. The Hall–Kier alpha value is -1.49. The lowest BCUT2D eigenvalue weighted by atomic mass is 9.89. The highest BCUT2D eigenvalue weighted by molar-refractivity contribution is 7.89. The van der Waals surface area contributed by atoms with E-state index in [4.69, 9.17) is 5.26 Å². The molecule has 23 heavy (non-hydrogen) atoms. The van der Waals surface area contributed by atoms with Crippen molar-refractivity contribution in [3.8, 4) is 6.07 Å². The highest BCUT2D eigenvalue weighted by Gasteiger charge is 2.33. The van der Waals surface area contributed by atoms with E-state index < -0.39 is 15.8 Å². The molecule has 2 aliphatic rings. The molecule has 2 aliphatic heterocycles. The Morgan fingerprint density at radius 1 is 1.26 bits per heavy atom. The minimum absolute atomic E-state index is 0.00658. The summed E-state index contributed by atoms with van der Waals surface area (Å²) in [5, 5.41) is 12.4. The first-order chi connectivity index (χ1) is 11.0. The minimum atomic E-state index is -3.66. The van der Waals surface area contributed by atoms with E-state index >= 15 is 0 Å². The molecule has 0 amide bonds. The molecule has 0 bridgehead atoms. The number of nitrogens with zero attached hydrogens (tertiary/aromatic N) is 2. The normalized spacial score (nSPS) is 23.7. The van der Waals surface area contributed by atoms with Crippen LogP contribution in [0.25, 0.3) is 0 Å². The van der Waals surface area contributed by atoms with E-state index in [2.05, 4.69) is 5.32 Å². The largest absolute Gasteiger partial charge is 0.314 e. The standard InChI is InChI=1S/C16H20FN3O2S/c17-15-4-3-14(10-13(15)11-18)23(21,22)20-8-5-12(6-9-20)16-2-1-7-19-16/h3-4,10,12,16,19H,1-2,5-9H2. The van der Waals surface area contributed by atoms with Crippen molar-refractivity contribution >= 4 is 10.0 Å². The van der Waals surface area contributed by atoms with Crippen LogP contribution in [0, 0.1) is 23.1 Å². The quantitative estimate of drug-likeness (QED) is 0.913. The Morgan fingerprint density at radius 3 is 2.61 bits per heavy atom. The van der Waals surface area contributed by atoms with Crippen LogP contribution in [0.5, 0.6) is 0 Å². The molecule has 1 aromatic rings. The molecule has 0 radical (unpaired) electrons. The molecule has 0 aromatic heterocycles. The third-order valence-corrected chi connectivity index (χ3v) is 6.76. The molecule has 1 atom stereocenters. The van der Waals surface area contributed by atoms with E-state index in [1.54, 1.807) is 6.07 Å². The van der Waals surface area contributed by atoms with Crippen molar-refractivity contribution in [2.75, 3.05) is 19.6 Å². The van der Waals surface area contributed by atoms with Crippen LogP contribution in [0.15, 0.2) is 23.1 Å². The van der Waals surface area contributed by atoms with Gasteiger partial charge in [-0.15, -0.1) is 0 Å². The number of piperidine rings is 1.